The molecule has 1 N–H and O–H groups in total. The Morgan fingerprint density at radius 2 is 1.45 bits per heavy atom. The normalized spacial score (nSPS) is 15.5. The molecule has 1 heterocycles. The zero-order valence-electron chi connectivity index (χ0n) is 23.9. The molecule has 0 amide bonds. The molecule has 8 nitrogen and oxygen atoms in total. The van der Waals surface area contributed by atoms with Crippen molar-refractivity contribution < 1.29 is 24.0 Å². The van der Waals surface area contributed by atoms with Gasteiger partial charge in [-0.1, -0.05) is 66.7 Å². The Labute approximate surface area is 250 Å². The second-order valence-electron chi connectivity index (χ2n) is 9.61. The third-order valence-corrected chi connectivity index (χ3v) is 8.27. The highest BCUT2D eigenvalue weighted by Crippen LogP contribution is 2.45. The lowest BCUT2D eigenvalue weighted by atomic mass is 9.78. The molecule has 3 aromatic carbocycles. The molecule has 0 spiro atoms. The molecule has 0 aromatic heterocycles. The van der Waals surface area contributed by atoms with Gasteiger partial charge in [0.25, 0.3) is 5.69 Å². The van der Waals surface area contributed by atoms with Crippen molar-refractivity contribution in [2.75, 3.05) is 13.2 Å². The summed E-state index contributed by atoms with van der Waals surface area (Å²) in [5.74, 6) is -2.32. The van der Waals surface area contributed by atoms with Gasteiger partial charge in [0.1, 0.15) is 0 Å². The number of hydrogen-bond acceptors (Lipinski definition) is 8. The number of ether oxygens (including phenoxy) is 2. The van der Waals surface area contributed by atoms with E-state index < -0.39 is 22.8 Å². The Bertz CT molecular complexity index is 1490. The van der Waals surface area contributed by atoms with Gasteiger partial charge in [-0.05, 0) is 51.3 Å². The van der Waals surface area contributed by atoms with Crippen LogP contribution < -0.4 is 5.32 Å². The molecule has 4 rings (SSSR count). The van der Waals surface area contributed by atoms with Gasteiger partial charge in [0, 0.05) is 33.2 Å². The first-order valence-corrected chi connectivity index (χ1v) is 14.8. The Morgan fingerprint density at radius 3 is 2.07 bits per heavy atom. The highest BCUT2D eigenvalue weighted by atomic mass is 32.2. The summed E-state index contributed by atoms with van der Waals surface area (Å²) in [7, 11) is 0. The first kappa shape index (κ1) is 30.6. The molecule has 0 radical (unpaired) electrons. The predicted molar refractivity (Wildman–Crippen MR) is 163 cm³/mol. The molecule has 2 atom stereocenters. The zero-order chi connectivity index (χ0) is 30.1. The van der Waals surface area contributed by atoms with Crippen LogP contribution in [0.15, 0.2) is 112 Å². The van der Waals surface area contributed by atoms with Crippen molar-refractivity contribution in [3.05, 3.63) is 129 Å². The number of allylic oxidation sites excluding steroid dienone is 2. The number of nitro groups is 1. The average molecular weight is 587 g/mol. The molecule has 0 bridgehead atoms. The minimum atomic E-state index is -1.04. The van der Waals surface area contributed by atoms with Gasteiger partial charge in [-0.25, -0.2) is 9.59 Å². The van der Waals surface area contributed by atoms with E-state index in [1.54, 1.807) is 50.7 Å². The second-order valence-corrected chi connectivity index (χ2v) is 10.9. The summed E-state index contributed by atoms with van der Waals surface area (Å²) >= 11 is 1.72. The van der Waals surface area contributed by atoms with Crippen LogP contribution >= 0.6 is 11.8 Å². The number of thioether (sulfide) groups is 1. The summed E-state index contributed by atoms with van der Waals surface area (Å²) in [5.41, 5.74) is 2.54. The number of benzene rings is 3. The van der Waals surface area contributed by atoms with Crippen molar-refractivity contribution in [3.63, 3.8) is 0 Å². The lowest BCUT2D eigenvalue weighted by Crippen LogP contribution is -2.33. The molecule has 1 aliphatic heterocycles. The fraction of sp³-hybridized carbons (Fsp3) is 0.273. The maximum absolute atomic E-state index is 13.6. The van der Waals surface area contributed by atoms with Crippen molar-refractivity contribution in [1.29, 1.82) is 0 Å². The average Bonchev–Trinajstić information content (AvgIpc) is 3.00. The largest absolute Gasteiger partial charge is 0.463 e. The van der Waals surface area contributed by atoms with Crippen molar-refractivity contribution in [2.24, 2.45) is 0 Å². The minimum Gasteiger partial charge on any atom is -0.463 e. The van der Waals surface area contributed by atoms with E-state index in [-0.39, 0.29) is 40.9 Å². The van der Waals surface area contributed by atoms with E-state index in [2.05, 4.69) is 29.6 Å². The van der Waals surface area contributed by atoms with Gasteiger partial charge in [-0.2, -0.15) is 0 Å². The van der Waals surface area contributed by atoms with Gasteiger partial charge in [0.2, 0.25) is 0 Å². The minimum absolute atomic E-state index is 0.0478. The molecule has 0 saturated carbocycles. The second kappa shape index (κ2) is 14.5. The first-order valence-electron chi connectivity index (χ1n) is 13.9. The molecule has 1 aliphatic rings. The van der Waals surface area contributed by atoms with Gasteiger partial charge in [-0.3, -0.25) is 10.1 Å². The van der Waals surface area contributed by atoms with Crippen LogP contribution in [-0.4, -0.2) is 30.1 Å². The van der Waals surface area contributed by atoms with Crippen LogP contribution in [0.2, 0.25) is 0 Å². The topological polar surface area (TPSA) is 108 Å². The smallest absolute Gasteiger partial charge is 0.336 e. The zero-order valence-corrected chi connectivity index (χ0v) is 24.7. The highest BCUT2D eigenvalue weighted by Gasteiger charge is 2.41. The summed E-state index contributed by atoms with van der Waals surface area (Å²) in [5, 5.41) is 15.4. The summed E-state index contributed by atoms with van der Waals surface area (Å²) in [4.78, 5) is 39.6. The third-order valence-electron chi connectivity index (χ3n) is 6.93. The van der Waals surface area contributed by atoms with Crippen molar-refractivity contribution in [3.8, 4) is 0 Å². The molecule has 218 valence electrons. The summed E-state index contributed by atoms with van der Waals surface area (Å²) in [6, 6.07) is 26.4. The van der Waals surface area contributed by atoms with E-state index >= 15 is 0 Å². The number of nitrogens with zero attached hydrogens (tertiary/aromatic N) is 1. The van der Waals surface area contributed by atoms with Crippen molar-refractivity contribution in [1.82, 2.24) is 5.32 Å². The molecular formula is C33H34N2O6S. The molecule has 2 unspecified atom stereocenters. The van der Waals surface area contributed by atoms with Crippen molar-refractivity contribution in [2.45, 2.75) is 49.7 Å². The SMILES string of the molecule is CCOC(=O)C1=C(C)NC(CCC(Sc2ccccc2)c2ccccc2)=C(C(=O)OCC)C1c1ccccc1[N+](=O)[O-]. The molecule has 42 heavy (non-hydrogen) atoms. The van der Waals surface area contributed by atoms with E-state index in [9.17, 15) is 19.7 Å². The van der Waals surface area contributed by atoms with E-state index in [1.807, 2.05) is 36.4 Å². The molecule has 0 saturated heterocycles. The van der Waals surface area contributed by atoms with Crippen LogP contribution in [0.25, 0.3) is 0 Å². The fourth-order valence-corrected chi connectivity index (χ4v) is 6.30. The van der Waals surface area contributed by atoms with Crippen LogP contribution in [0.4, 0.5) is 5.69 Å². The number of esters is 2. The summed E-state index contributed by atoms with van der Waals surface area (Å²) in [6.45, 7) is 5.33. The number of carbonyl (C=O) groups excluding carboxylic acids is 2. The van der Waals surface area contributed by atoms with Crippen LogP contribution in [-0.2, 0) is 19.1 Å². The number of rotatable bonds is 12. The number of nitro benzene ring substituents is 1. The van der Waals surface area contributed by atoms with Crippen LogP contribution in [0.1, 0.15) is 55.9 Å². The number of carbonyl (C=O) groups is 2. The van der Waals surface area contributed by atoms with E-state index in [0.29, 0.717) is 24.2 Å². The van der Waals surface area contributed by atoms with Gasteiger partial charge in [0.15, 0.2) is 0 Å². The number of hydrogen-bond donors (Lipinski definition) is 1. The maximum atomic E-state index is 13.6. The monoisotopic (exact) mass is 586 g/mol. The highest BCUT2D eigenvalue weighted by molar-refractivity contribution is 7.99. The number of nitrogens with one attached hydrogen (secondary N) is 1. The quantitative estimate of drug-likeness (QED) is 0.102. The van der Waals surface area contributed by atoms with Gasteiger partial charge in [0.05, 0.1) is 35.2 Å². The van der Waals surface area contributed by atoms with Gasteiger partial charge < -0.3 is 14.8 Å². The summed E-state index contributed by atoms with van der Waals surface area (Å²) < 4.78 is 10.9. The number of para-hydroxylation sites is 1. The Hall–Kier alpha value is -4.37. The molecule has 0 fully saturated rings. The third kappa shape index (κ3) is 7.09. The van der Waals surface area contributed by atoms with E-state index in [0.717, 1.165) is 10.5 Å². The van der Waals surface area contributed by atoms with Gasteiger partial charge >= 0.3 is 11.9 Å². The standard InChI is InChI=1S/C33H34N2O6S/c1-4-40-32(36)29-22(3)34-26(20-21-28(23-14-8-6-9-15-23)42-24-16-10-7-11-17-24)31(33(37)41-5-2)30(29)25-18-12-13-19-27(25)35(38)39/h6-19,28,30,34H,4-5,20-21H2,1-3H3. The van der Waals surface area contributed by atoms with Crippen LogP contribution in [0.3, 0.4) is 0 Å². The number of dihydropyridines is 1. The Balaban J connectivity index is 1.82. The molecule has 3 aromatic rings. The van der Waals surface area contributed by atoms with E-state index in [1.165, 1.54) is 6.07 Å². The van der Waals surface area contributed by atoms with E-state index in [4.69, 9.17) is 9.47 Å². The Kier molecular flexibility index (Phi) is 10.6. The fourth-order valence-electron chi connectivity index (χ4n) is 5.13. The Morgan fingerprint density at radius 1 is 0.881 bits per heavy atom. The first-order chi connectivity index (χ1) is 20.3. The maximum Gasteiger partial charge on any atom is 0.336 e. The molecule has 9 heteroatoms. The summed E-state index contributed by atoms with van der Waals surface area (Å²) in [6.07, 6.45) is 1.07. The van der Waals surface area contributed by atoms with Gasteiger partial charge in [-0.15, -0.1) is 11.8 Å². The molecular weight excluding hydrogens is 552 g/mol. The van der Waals surface area contributed by atoms with Crippen LogP contribution in [0.5, 0.6) is 0 Å². The molecule has 0 aliphatic carbocycles. The van der Waals surface area contributed by atoms with Crippen LogP contribution in [0, 0.1) is 10.1 Å². The lowest BCUT2D eigenvalue weighted by Gasteiger charge is -2.32. The van der Waals surface area contributed by atoms with Crippen molar-refractivity contribution >= 4 is 29.4 Å². The predicted octanol–water partition coefficient (Wildman–Crippen LogP) is 7.25. The lowest BCUT2D eigenvalue weighted by molar-refractivity contribution is -0.385.